The van der Waals surface area contributed by atoms with E-state index in [4.69, 9.17) is 4.74 Å². The molecule has 2 heterocycles. The molecule has 0 bridgehead atoms. The summed E-state index contributed by atoms with van der Waals surface area (Å²) in [6.07, 6.45) is 0. The fourth-order valence-corrected chi connectivity index (χ4v) is 2.95. The molecule has 0 aliphatic rings. The minimum atomic E-state index is -0.275. The molecule has 4 rings (SSSR count). The van der Waals surface area contributed by atoms with E-state index in [-0.39, 0.29) is 11.9 Å². The molecule has 2 aromatic heterocycles. The van der Waals surface area contributed by atoms with Gasteiger partial charge >= 0.3 is 0 Å². The molecule has 0 saturated carbocycles. The van der Waals surface area contributed by atoms with Crippen LogP contribution < -0.4 is 10.1 Å². The number of rotatable bonds is 5. The van der Waals surface area contributed by atoms with Crippen molar-refractivity contribution in [2.24, 2.45) is 0 Å². The van der Waals surface area contributed by atoms with Crippen molar-refractivity contribution < 1.29 is 9.53 Å². The maximum Gasteiger partial charge on any atom is 0.269 e. The first kappa shape index (κ1) is 16.8. The Kier molecular flexibility index (Phi) is 4.33. The lowest BCUT2D eigenvalue weighted by Crippen LogP contribution is -2.27. The molecule has 0 radical (unpaired) electrons. The molecule has 3 N–H and O–H groups in total. The van der Waals surface area contributed by atoms with Gasteiger partial charge in [-0.25, -0.2) is 4.98 Å². The van der Waals surface area contributed by atoms with Crippen molar-refractivity contribution in [1.29, 1.82) is 0 Å². The molecule has 7 heteroatoms. The quantitative estimate of drug-likeness (QED) is 0.507. The molecule has 0 spiro atoms. The molecule has 0 aliphatic carbocycles. The molecule has 136 valence electrons. The summed E-state index contributed by atoms with van der Waals surface area (Å²) in [5.41, 5.74) is 3.65. The van der Waals surface area contributed by atoms with E-state index in [0.717, 1.165) is 16.6 Å². The average molecular weight is 361 g/mol. The average Bonchev–Trinajstić information content (AvgIpc) is 3.35. The number of nitrogens with zero attached hydrogens (tertiary/aromatic N) is 2. The van der Waals surface area contributed by atoms with E-state index >= 15 is 0 Å². The largest absolute Gasteiger partial charge is 0.496 e. The van der Waals surface area contributed by atoms with Crippen molar-refractivity contribution in [3.05, 3.63) is 66.1 Å². The van der Waals surface area contributed by atoms with Gasteiger partial charge in [-0.3, -0.25) is 9.89 Å². The Morgan fingerprint density at radius 3 is 2.74 bits per heavy atom. The molecule has 4 aromatic rings. The van der Waals surface area contributed by atoms with Crippen molar-refractivity contribution in [2.75, 3.05) is 7.11 Å². The Balaban J connectivity index is 1.52. The second-order valence-corrected chi connectivity index (χ2v) is 6.20. The Labute approximate surface area is 155 Å². The third-order valence-corrected chi connectivity index (χ3v) is 4.37. The van der Waals surface area contributed by atoms with Crippen molar-refractivity contribution in [3.8, 4) is 17.0 Å². The van der Waals surface area contributed by atoms with E-state index in [0.29, 0.717) is 23.0 Å². The summed E-state index contributed by atoms with van der Waals surface area (Å²) in [5, 5.41) is 9.96. The van der Waals surface area contributed by atoms with Crippen LogP contribution in [0.5, 0.6) is 5.75 Å². The number of aromatic nitrogens is 4. The highest BCUT2D eigenvalue weighted by molar-refractivity contribution is 5.93. The zero-order valence-corrected chi connectivity index (χ0v) is 15.0. The SMILES string of the molecule is COc1ccccc1-c1cc(C(=O)N[C@@H](C)c2nc3ccccc3[nH]2)[nH]n1. The fraction of sp³-hybridized carbons (Fsp3) is 0.150. The van der Waals surface area contributed by atoms with Crippen molar-refractivity contribution in [2.45, 2.75) is 13.0 Å². The molecule has 0 aliphatic heterocycles. The number of carbonyl (C=O) groups excluding carboxylic acids is 1. The summed E-state index contributed by atoms with van der Waals surface area (Å²) in [6, 6.07) is 16.7. The van der Waals surface area contributed by atoms with E-state index in [9.17, 15) is 4.79 Å². The van der Waals surface area contributed by atoms with Gasteiger partial charge in [-0.2, -0.15) is 5.10 Å². The summed E-state index contributed by atoms with van der Waals surface area (Å²) in [6.45, 7) is 1.88. The number of hydrogen-bond acceptors (Lipinski definition) is 4. The number of methoxy groups -OCH3 is 1. The molecule has 1 atom stereocenters. The van der Waals surface area contributed by atoms with Gasteiger partial charge in [0.2, 0.25) is 0 Å². The van der Waals surface area contributed by atoms with E-state index < -0.39 is 0 Å². The molecule has 1 amide bonds. The highest BCUT2D eigenvalue weighted by atomic mass is 16.5. The van der Waals surface area contributed by atoms with Crippen LogP contribution in [0, 0.1) is 0 Å². The molecular weight excluding hydrogens is 342 g/mol. The predicted molar refractivity (Wildman–Crippen MR) is 103 cm³/mol. The number of carbonyl (C=O) groups is 1. The normalized spacial score (nSPS) is 12.1. The molecule has 7 nitrogen and oxygen atoms in total. The van der Waals surface area contributed by atoms with Gasteiger partial charge in [-0.15, -0.1) is 0 Å². The number of fused-ring (bicyclic) bond motifs is 1. The van der Waals surface area contributed by atoms with E-state index in [1.165, 1.54) is 0 Å². The van der Waals surface area contributed by atoms with Crippen molar-refractivity contribution >= 4 is 16.9 Å². The first-order valence-electron chi connectivity index (χ1n) is 8.60. The number of nitrogens with one attached hydrogen (secondary N) is 3. The summed E-state index contributed by atoms with van der Waals surface area (Å²) in [7, 11) is 1.61. The molecule has 0 unspecified atom stereocenters. The number of hydrogen-bond donors (Lipinski definition) is 3. The number of imidazole rings is 1. The van der Waals surface area contributed by atoms with Gasteiger partial charge in [0, 0.05) is 5.56 Å². The number of aromatic amines is 2. The fourth-order valence-electron chi connectivity index (χ4n) is 2.95. The number of benzene rings is 2. The Bertz CT molecular complexity index is 1070. The van der Waals surface area contributed by atoms with Crippen LogP contribution in [0.2, 0.25) is 0 Å². The van der Waals surface area contributed by atoms with Crippen LogP contribution in [-0.2, 0) is 0 Å². The highest BCUT2D eigenvalue weighted by Crippen LogP contribution is 2.28. The Hall–Kier alpha value is -3.61. The van der Waals surface area contributed by atoms with Gasteiger partial charge < -0.3 is 15.0 Å². The van der Waals surface area contributed by atoms with Crippen molar-refractivity contribution in [3.63, 3.8) is 0 Å². The lowest BCUT2D eigenvalue weighted by Gasteiger charge is -2.10. The molecular formula is C20H19N5O2. The van der Waals surface area contributed by atoms with E-state index in [1.807, 2.05) is 55.5 Å². The van der Waals surface area contributed by atoms with Crippen LogP contribution >= 0.6 is 0 Å². The van der Waals surface area contributed by atoms with Crippen LogP contribution in [0.25, 0.3) is 22.3 Å². The maximum absolute atomic E-state index is 12.6. The van der Waals surface area contributed by atoms with Gasteiger partial charge in [0.05, 0.1) is 29.9 Å². The van der Waals surface area contributed by atoms with Crippen LogP contribution in [0.15, 0.2) is 54.6 Å². The maximum atomic E-state index is 12.6. The van der Waals surface area contributed by atoms with Gasteiger partial charge in [0.1, 0.15) is 17.3 Å². The lowest BCUT2D eigenvalue weighted by atomic mass is 10.1. The Morgan fingerprint density at radius 1 is 1.15 bits per heavy atom. The number of H-pyrrole nitrogens is 2. The summed E-state index contributed by atoms with van der Waals surface area (Å²) in [5.74, 6) is 1.15. The minimum absolute atomic E-state index is 0.253. The van der Waals surface area contributed by atoms with Crippen LogP contribution in [0.1, 0.15) is 29.3 Å². The smallest absolute Gasteiger partial charge is 0.269 e. The summed E-state index contributed by atoms with van der Waals surface area (Å²) in [4.78, 5) is 20.3. The monoisotopic (exact) mass is 361 g/mol. The van der Waals surface area contributed by atoms with Crippen LogP contribution in [-0.4, -0.2) is 33.2 Å². The predicted octanol–water partition coefficient (Wildman–Crippen LogP) is 3.45. The topological polar surface area (TPSA) is 95.7 Å². The zero-order valence-electron chi connectivity index (χ0n) is 15.0. The highest BCUT2D eigenvalue weighted by Gasteiger charge is 2.18. The van der Waals surface area contributed by atoms with Crippen molar-refractivity contribution in [1.82, 2.24) is 25.5 Å². The third kappa shape index (κ3) is 3.27. The van der Waals surface area contributed by atoms with Gasteiger partial charge in [-0.1, -0.05) is 24.3 Å². The van der Waals surface area contributed by atoms with Crippen LogP contribution in [0.3, 0.4) is 0 Å². The second-order valence-electron chi connectivity index (χ2n) is 6.20. The second kappa shape index (κ2) is 6.95. The van der Waals surface area contributed by atoms with Crippen LogP contribution in [0.4, 0.5) is 0 Å². The molecule has 0 saturated heterocycles. The van der Waals surface area contributed by atoms with E-state index in [2.05, 4.69) is 25.5 Å². The summed E-state index contributed by atoms with van der Waals surface area (Å²) < 4.78 is 5.35. The van der Waals surface area contributed by atoms with E-state index in [1.54, 1.807) is 13.2 Å². The number of ether oxygens (including phenoxy) is 1. The first-order chi connectivity index (χ1) is 13.2. The first-order valence-corrected chi connectivity index (χ1v) is 8.60. The molecule has 27 heavy (non-hydrogen) atoms. The van der Waals surface area contributed by atoms with Gasteiger partial charge in [0.15, 0.2) is 0 Å². The summed E-state index contributed by atoms with van der Waals surface area (Å²) >= 11 is 0. The molecule has 2 aromatic carbocycles. The number of amides is 1. The number of para-hydroxylation sites is 3. The molecule has 0 fully saturated rings. The standard InChI is InChI=1S/C20H19N5O2/c1-12(19-22-14-8-4-5-9-15(14)23-19)21-20(26)17-11-16(24-25-17)13-7-3-6-10-18(13)27-2/h3-12H,1-2H3,(H,21,26)(H,22,23)(H,24,25)/t12-/m0/s1. The lowest BCUT2D eigenvalue weighted by molar-refractivity contribution is 0.0933. The Morgan fingerprint density at radius 2 is 1.93 bits per heavy atom. The zero-order chi connectivity index (χ0) is 18.8. The third-order valence-electron chi connectivity index (χ3n) is 4.37. The minimum Gasteiger partial charge on any atom is -0.496 e. The van der Waals surface area contributed by atoms with Gasteiger partial charge in [-0.05, 0) is 37.3 Å². The van der Waals surface area contributed by atoms with Gasteiger partial charge in [0.25, 0.3) is 5.91 Å².